The molecular weight excluding hydrogens is 338 g/mol. The molecule has 52 valence electrons. The van der Waals surface area contributed by atoms with Gasteiger partial charge in [-0.2, -0.15) is 0 Å². The molecule has 0 aromatic heterocycles. The maximum Gasteiger partial charge on any atom is 0.0289 e. The zero-order valence-corrected chi connectivity index (χ0v) is 9.50. The number of hydrogen-bond acceptors (Lipinski definition) is 0. The average molecular weight is 348 g/mol. The first-order valence-electron chi connectivity index (χ1n) is 2.83. The lowest BCUT2D eigenvalue weighted by atomic mass is 10.2. The Morgan fingerprint density at radius 2 is 2.22 bits per heavy atom. The first-order valence-corrected chi connectivity index (χ1v) is 5.32. The summed E-state index contributed by atoms with van der Waals surface area (Å²) in [6, 6.07) is 0. The highest BCUT2D eigenvalue weighted by Crippen LogP contribution is 2.09. The standard InChI is InChI=1S/C7H10I2/c1-2-7(9)5-3-4-6-8/h2,4,6-7H,1,3,5H2. The minimum Gasteiger partial charge on any atom is -0.102 e. The van der Waals surface area contributed by atoms with Gasteiger partial charge in [0.2, 0.25) is 0 Å². The topological polar surface area (TPSA) is 0 Å². The van der Waals surface area contributed by atoms with Crippen LogP contribution in [0.1, 0.15) is 12.8 Å². The van der Waals surface area contributed by atoms with Crippen molar-refractivity contribution in [2.75, 3.05) is 0 Å². The first kappa shape index (κ1) is 9.94. The molecule has 0 radical (unpaired) electrons. The zero-order valence-electron chi connectivity index (χ0n) is 5.19. The van der Waals surface area contributed by atoms with Crippen LogP contribution in [0.15, 0.2) is 22.8 Å². The molecule has 1 atom stereocenters. The van der Waals surface area contributed by atoms with Crippen LogP contribution in [0.2, 0.25) is 0 Å². The quantitative estimate of drug-likeness (QED) is 0.413. The van der Waals surface area contributed by atoms with Gasteiger partial charge in [-0.1, -0.05) is 57.3 Å². The van der Waals surface area contributed by atoms with Crippen molar-refractivity contribution in [1.82, 2.24) is 0 Å². The van der Waals surface area contributed by atoms with Gasteiger partial charge in [0.25, 0.3) is 0 Å². The van der Waals surface area contributed by atoms with Crippen molar-refractivity contribution >= 4 is 45.2 Å². The molecule has 0 spiro atoms. The third kappa shape index (κ3) is 6.83. The predicted octanol–water partition coefficient (Wildman–Crippen LogP) is 3.70. The third-order valence-electron chi connectivity index (χ3n) is 0.954. The lowest BCUT2D eigenvalue weighted by Crippen LogP contribution is -1.88. The van der Waals surface area contributed by atoms with E-state index in [1.165, 1.54) is 12.8 Å². The van der Waals surface area contributed by atoms with Gasteiger partial charge in [0.15, 0.2) is 0 Å². The molecule has 1 unspecified atom stereocenters. The van der Waals surface area contributed by atoms with Gasteiger partial charge in [-0.05, 0) is 16.9 Å². The molecule has 0 aliphatic rings. The van der Waals surface area contributed by atoms with Gasteiger partial charge in [0, 0.05) is 3.92 Å². The predicted molar refractivity (Wildman–Crippen MR) is 60.4 cm³/mol. The number of allylic oxidation sites excluding steroid dienone is 2. The van der Waals surface area contributed by atoms with Crippen molar-refractivity contribution in [2.24, 2.45) is 0 Å². The maximum absolute atomic E-state index is 3.71. The van der Waals surface area contributed by atoms with E-state index in [9.17, 15) is 0 Å². The van der Waals surface area contributed by atoms with E-state index in [4.69, 9.17) is 0 Å². The van der Waals surface area contributed by atoms with Crippen LogP contribution < -0.4 is 0 Å². The van der Waals surface area contributed by atoms with Gasteiger partial charge < -0.3 is 0 Å². The molecule has 0 aromatic carbocycles. The van der Waals surface area contributed by atoms with Gasteiger partial charge in [0.1, 0.15) is 0 Å². The van der Waals surface area contributed by atoms with Gasteiger partial charge in [-0.15, -0.1) is 6.58 Å². The fraction of sp³-hybridized carbons (Fsp3) is 0.429. The fourth-order valence-corrected chi connectivity index (χ4v) is 1.16. The van der Waals surface area contributed by atoms with E-state index in [0.29, 0.717) is 3.92 Å². The van der Waals surface area contributed by atoms with Crippen molar-refractivity contribution < 1.29 is 0 Å². The van der Waals surface area contributed by atoms with Crippen LogP contribution in [0.4, 0.5) is 0 Å². The summed E-state index contributed by atoms with van der Waals surface area (Å²) >= 11 is 4.63. The molecule has 0 amide bonds. The van der Waals surface area contributed by atoms with Crippen LogP contribution in [0.25, 0.3) is 0 Å². The molecule has 0 rings (SSSR count). The van der Waals surface area contributed by atoms with Crippen LogP contribution in [0, 0.1) is 0 Å². The summed E-state index contributed by atoms with van der Waals surface area (Å²) in [6.07, 6.45) is 6.55. The second-order valence-corrected chi connectivity index (χ2v) is 4.01. The lowest BCUT2D eigenvalue weighted by molar-refractivity contribution is 0.907. The Labute approximate surface area is 84.1 Å². The second-order valence-electron chi connectivity index (χ2n) is 1.69. The van der Waals surface area contributed by atoms with Crippen LogP contribution in [-0.2, 0) is 0 Å². The molecule has 9 heavy (non-hydrogen) atoms. The molecule has 0 aliphatic carbocycles. The number of rotatable bonds is 4. The molecule has 2 heteroatoms. The molecule has 0 fully saturated rings. The summed E-state index contributed by atoms with van der Waals surface area (Å²) in [7, 11) is 0. The van der Waals surface area contributed by atoms with Crippen LogP contribution in [0.3, 0.4) is 0 Å². The molecule has 0 N–H and O–H groups in total. The van der Waals surface area contributed by atoms with Crippen molar-refractivity contribution in [2.45, 2.75) is 16.8 Å². The summed E-state index contributed by atoms with van der Waals surface area (Å²) in [6.45, 7) is 3.71. The Kier molecular flexibility index (Phi) is 7.79. The molecular formula is C7H10I2. The van der Waals surface area contributed by atoms with Gasteiger partial charge in [0.05, 0.1) is 0 Å². The third-order valence-corrected chi connectivity index (χ3v) is 2.59. The maximum atomic E-state index is 3.71. The summed E-state index contributed by atoms with van der Waals surface area (Å²) < 4.78 is 2.69. The van der Waals surface area contributed by atoms with E-state index < -0.39 is 0 Å². The van der Waals surface area contributed by atoms with Gasteiger partial charge in [-0.3, -0.25) is 0 Å². The monoisotopic (exact) mass is 348 g/mol. The molecule has 0 bridgehead atoms. The Bertz CT molecular complexity index is 97.1. The van der Waals surface area contributed by atoms with E-state index in [0.717, 1.165) is 0 Å². The number of alkyl halides is 1. The fourth-order valence-electron chi connectivity index (χ4n) is 0.436. The van der Waals surface area contributed by atoms with E-state index in [1.54, 1.807) is 0 Å². The minimum absolute atomic E-state index is 0.634. The molecule has 0 aliphatic heterocycles. The minimum atomic E-state index is 0.634. The SMILES string of the molecule is C=CC(I)CCC=CI. The number of halogens is 2. The normalized spacial score (nSPS) is 14.0. The molecule has 0 aromatic rings. The molecule has 0 nitrogen and oxygen atoms in total. The van der Waals surface area contributed by atoms with E-state index in [-0.39, 0.29) is 0 Å². The van der Waals surface area contributed by atoms with Gasteiger partial charge in [-0.25, -0.2) is 0 Å². The summed E-state index contributed by atoms with van der Waals surface area (Å²) in [4.78, 5) is 0. The second kappa shape index (κ2) is 7.05. The van der Waals surface area contributed by atoms with Crippen LogP contribution >= 0.6 is 45.2 Å². The highest BCUT2D eigenvalue weighted by atomic mass is 127. The molecule has 0 heterocycles. The summed E-state index contributed by atoms with van der Waals surface area (Å²) in [5.74, 6) is 0. The van der Waals surface area contributed by atoms with E-state index in [2.05, 4.69) is 61.9 Å². The van der Waals surface area contributed by atoms with Crippen molar-refractivity contribution in [3.05, 3.63) is 22.8 Å². The van der Waals surface area contributed by atoms with Crippen LogP contribution in [0.5, 0.6) is 0 Å². The van der Waals surface area contributed by atoms with Crippen molar-refractivity contribution in [1.29, 1.82) is 0 Å². The smallest absolute Gasteiger partial charge is 0.0289 e. The molecule has 0 saturated heterocycles. The zero-order chi connectivity index (χ0) is 7.11. The Morgan fingerprint density at radius 1 is 1.56 bits per heavy atom. The first-order chi connectivity index (χ1) is 4.31. The van der Waals surface area contributed by atoms with Gasteiger partial charge >= 0.3 is 0 Å². The van der Waals surface area contributed by atoms with E-state index >= 15 is 0 Å². The van der Waals surface area contributed by atoms with Crippen molar-refractivity contribution in [3.63, 3.8) is 0 Å². The molecule has 0 saturated carbocycles. The largest absolute Gasteiger partial charge is 0.102 e. The Hall–Kier alpha value is 0.940. The summed E-state index contributed by atoms with van der Waals surface area (Å²) in [5.41, 5.74) is 0. The average Bonchev–Trinajstić information content (AvgIpc) is 1.89. The van der Waals surface area contributed by atoms with E-state index in [1.807, 2.05) is 6.08 Å². The van der Waals surface area contributed by atoms with Crippen molar-refractivity contribution in [3.8, 4) is 0 Å². The summed E-state index contributed by atoms with van der Waals surface area (Å²) in [5, 5.41) is 0. The highest BCUT2D eigenvalue weighted by molar-refractivity contribution is 14.1. The lowest BCUT2D eigenvalue weighted by Gasteiger charge is -1.97. The Morgan fingerprint density at radius 3 is 2.67 bits per heavy atom. The Balaban J connectivity index is 3.16. The number of hydrogen-bond donors (Lipinski definition) is 0. The van der Waals surface area contributed by atoms with Crippen LogP contribution in [-0.4, -0.2) is 3.92 Å². The highest BCUT2D eigenvalue weighted by Gasteiger charge is 1.93.